The molecule has 1 fully saturated rings. The molecule has 17 heavy (non-hydrogen) atoms. The zero-order valence-corrected chi connectivity index (χ0v) is 13.7. The average molecular weight is 408 g/mol. The van der Waals surface area contributed by atoms with Gasteiger partial charge in [0.05, 0.1) is 0 Å². The van der Waals surface area contributed by atoms with E-state index in [9.17, 15) is 0 Å². The van der Waals surface area contributed by atoms with Crippen molar-refractivity contribution in [2.75, 3.05) is 6.61 Å². The summed E-state index contributed by atoms with van der Waals surface area (Å²) in [4.78, 5) is 6.23. The Hall–Kier alpha value is -0.0605. The molecule has 0 unspecified atom stereocenters. The summed E-state index contributed by atoms with van der Waals surface area (Å²) in [5, 5.41) is 0. The fourth-order valence-corrected chi connectivity index (χ4v) is 5.29. The van der Waals surface area contributed by atoms with E-state index < -0.39 is 0 Å². The Morgan fingerprint density at radius 1 is 1.47 bits per heavy atom. The summed E-state index contributed by atoms with van der Waals surface area (Å²) in [7, 11) is 0. The number of nitrogens with zero attached hydrogens (tertiary/aromatic N) is 1. The van der Waals surface area contributed by atoms with E-state index in [4.69, 9.17) is 4.74 Å². The number of para-hydroxylation sites is 1. The molecular formula is C13H16INOSe. The van der Waals surface area contributed by atoms with Gasteiger partial charge in [-0.25, -0.2) is 0 Å². The molecule has 1 aromatic carbocycles. The first-order chi connectivity index (χ1) is 8.29. The fourth-order valence-electron chi connectivity index (χ4n) is 1.66. The predicted octanol–water partition coefficient (Wildman–Crippen LogP) is 3.80. The van der Waals surface area contributed by atoms with Crippen LogP contribution in [-0.4, -0.2) is 30.3 Å². The first-order valence-corrected chi connectivity index (χ1v) is 8.96. The number of alkyl halides is 1. The van der Waals surface area contributed by atoms with Crippen LogP contribution in [0.15, 0.2) is 35.3 Å². The second-order valence-corrected chi connectivity index (χ2v) is 8.08. The van der Waals surface area contributed by atoms with Gasteiger partial charge < -0.3 is 0 Å². The van der Waals surface area contributed by atoms with Crippen LogP contribution in [0.1, 0.15) is 19.8 Å². The summed E-state index contributed by atoms with van der Waals surface area (Å²) in [6.07, 6.45) is 2.54. The number of benzene rings is 1. The minimum atomic E-state index is 0.400. The van der Waals surface area contributed by atoms with Crippen molar-refractivity contribution in [3.05, 3.63) is 30.3 Å². The Morgan fingerprint density at radius 2 is 2.24 bits per heavy atom. The predicted molar refractivity (Wildman–Crippen MR) is 81.7 cm³/mol. The van der Waals surface area contributed by atoms with Gasteiger partial charge in [-0.05, 0) is 0 Å². The number of rotatable bonds is 4. The number of hydrogen-bond acceptors (Lipinski definition) is 2. The van der Waals surface area contributed by atoms with Crippen LogP contribution in [0.25, 0.3) is 0 Å². The van der Waals surface area contributed by atoms with Crippen molar-refractivity contribution in [3.63, 3.8) is 0 Å². The van der Waals surface area contributed by atoms with Crippen molar-refractivity contribution in [1.29, 1.82) is 0 Å². The van der Waals surface area contributed by atoms with Crippen molar-refractivity contribution < 1.29 is 4.74 Å². The molecule has 0 saturated carbocycles. The second kappa shape index (κ2) is 6.76. The molecule has 2 atom stereocenters. The summed E-state index contributed by atoms with van der Waals surface area (Å²) in [5.41, 5.74) is 1.01. The first kappa shape index (κ1) is 13.4. The fraction of sp³-hybridized carbons (Fsp3) is 0.462. The average Bonchev–Trinajstić information content (AvgIpc) is 2.79. The summed E-state index contributed by atoms with van der Waals surface area (Å²) in [5.74, 6) is 0. The minimum absolute atomic E-state index is 0.400. The van der Waals surface area contributed by atoms with Gasteiger partial charge in [-0.3, -0.25) is 0 Å². The Labute approximate surface area is 123 Å². The molecule has 2 nitrogen and oxygen atoms in total. The summed E-state index contributed by atoms with van der Waals surface area (Å²) >= 11 is 2.96. The molecule has 0 aromatic heterocycles. The third kappa shape index (κ3) is 3.97. The molecule has 1 heterocycles. The maximum atomic E-state index is 5.71. The Kier molecular flexibility index (Phi) is 5.32. The van der Waals surface area contributed by atoms with Crippen molar-refractivity contribution in [1.82, 2.24) is 0 Å². The van der Waals surface area contributed by atoms with Crippen LogP contribution >= 0.6 is 22.6 Å². The Balaban J connectivity index is 1.96. The summed E-state index contributed by atoms with van der Waals surface area (Å²) in [6, 6.07) is 10.1. The van der Waals surface area contributed by atoms with E-state index in [-0.39, 0.29) is 0 Å². The molecule has 0 spiro atoms. The van der Waals surface area contributed by atoms with Crippen molar-refractivity contribution in [2.45, 2.75) is 28.5 Å². The maximum absolute atomic E-state index is 5.71. The second-order valence-electron chi connectivity index (χ2n) is 3.99. The number of halogens is 1. The van der Waals surface area contributed by atoms with Crippen LogP contribution < -0.4 is 0 Å². The monoisotopic (exact) mass is 409 g/mol. The van der Waals surface area contributed by atoms with Gasteiger partial charge in [0.15, 0.2) is 0 Å². The van der Waals surface area contributed by atoms with Gasteiger partial charge in [0.2, 0.25) is 0 Å². The Bertz CT molecular complexity index is 382. The SMILES string of the molecule is CCC[C@@H](I)[C@H]1COC(=Nc2ccccc2)[Se]1. The topological polar surface area (TPSA) is 21.6 Å². The molecule has 1 aliphatic rings. The van der Waals surface area contributed by atoms with E-state index in [1.54, 1.807) is 0 Å². The molecule has 1 aromatic rings. The molecule has 0 bridgehead atoms. The number of aliphatic imine (C=N–C) groups is 1. The number of hydrogen-bond donors (Lipinski definition) is 0. The molecule has 2 rings (SSSR count). The van der Waals surface area contributed by atoms with Crippen LogP contribution in [0.4, 0.5) is 5.69 Å². The van der Waals surface area contributed by atoms with Gasteiger partial charge in [-0.1, -0.05) is 0 Å². The van der Waals surface area contributed by atoms with E-state index in [0.717, 1.165) is 21.0 Å². The van der Waals surface area contributed by atoms with E-state index in [0.29, 0.717) is 19.8 Å². The third-order valence-corrected chi connectivity index (χ3v) is 7.63. The van der Waals surface area contributed by atoms with E-state index >= 15 is 0 Å². The zero-order valence-electron chi connectivity index (χ0n) is 9.80. The van der Waals surface area contributed by atoms with Crippen LogP contribution in [0.5, 0.6) is 0 Å². The molecule has 0 aliphatic carbocycles. The molecule has 4 heteroatoms. The van der Waals surface area contributed by atoms with Gasteiger partial charge in [0.1, 0.15) is 0 Å². The summed E-state index contributed by atoms with van der Waals surface area (Å²) < 4.78 is 6.45. The van der Waals surface area contributed by atoms with E-state index in [1.807, 2.05) is 30.3 Å². The van der Waals surface area contributed by atoms with Crippen molar-refractivity contribution in [3.8, 4) is 0 Å². The number of ether oxygens (including phenoxy) is 1. The van der Waals surface area contributed by atoms with Crippen LogP contribution in [0.3, 0.4) is 0 Å². The molecule has 0 amide bonds. The molecule has 0 radical (unpaired) electrons. The molecule has 0 N–H and O–H groups in total. The third-order valence-electron chi connectivity index (χ3n) is 2.57. The normalized spacial score (nSPS) is 23.6. The van der Waals surface area contributed by atoms with E-state index in [2.05, 4.69) is 34.5 Å². The van der Waals surface area contributed by atoms with Crippen LogP contribution in [0.2, 0.25) is 4.82 Å². The van der Waals surface area contributed by atoms with Crippen LogP contribution in [-0.2, 0) is 4.74 Å². The zero-order chi connectivity index (χ0) is 12.1. The quantitative estimate of drug-likeness (QED) is 0.422. The molecule has 1 saturated heterocycles. The van der Waals surface area contributed by atoms with Gasteiger partial charge in [0, 0.05) is 0 Å². The molecular weight excluding hydrogens is 392 g/mol. The van der Waals surface area contributed by atoms with Crippen molar-refractivity contribution >= 4 is 48.0 Å². The molecule has 1 aliphatic heterocycles. The van der Waals surface area contributed by atoms with Gasteiger partial charge >= 0.3 is 123 Å². The van der Waals surface area contributed by atoms with E-state index in [1.165, 1.54) is 12.8 Å². The van der Waals surface area contributed by atoms with Gasteiger partial charge in [-0.15, -0.1) is 0 Å². The van der Waals surface area contributed by atoms with Gasteiger partial charge in [-0.2, -0.15) is 0 Å². The van der Waals surface area contributed by atoms with Gasteiger partial charge in [0.25, 0.3) is 0 Å². The standard InChI is InChI=1S/C13H16INOSe/c1-2-6-11(14)12-9-16-13(17-12)15-10-7-4-3-5-8-10/h3-5,7-8,11-12H,2,6,9H2,1H3/t11-,12-/m1/s1. The Morgan fingerprint density at radius 3 is 2.94 bits per heavy atom. The van der Waals surface area contributed by atoms with Crippen molar-refractivity contribution in [2.24, 2.45) is 4.99 Å². The van der Waals surface area contributed by atoms with Crippen LogP contribution in [0, 0.1) is 0 Å². The molecule has 92 valence electrons. The first-order valence-electron chi connectivity index (χ1n) is 5.87. The summed E-state index contributed by atoms with van der Waals surface area (Å²) in [6.45, 7) is 3.10.